The van der Waals surface area contributed by atoms with Crippen LogP contribution in [-0.4, -0.2) is 51.6 Å². The number of aromatic nitrogens is 3. The van der Waals surface area contributed by atoms with E-state index in [4.69, 9.17) is 0 Å². The highest BCUT2D eigenvalue weighted by atomic mass is 15.4. The van der Waals surface area contributed by atoms with Crippen LogP contribution in [0, 0.1) is 0 Å². The Morgan fingerprint density at radius 2 is 2.28 bits per heavy atom. The van der Waals surface area contributed by atoms with Crippen LogP contribution in [0.4, 0.5) is 0 Å². The first-order valence-electron chi connectivity index (χ1n) is 7.06. The summed E-state index contributed by atoms with van der Waals surface area (Å²) >= 11 is 0. The Balaban J connectivity index is 1.66. The van der Waals surface area contributed by atoms with E-state index >= 15 is 0 Å². The summed E-state index contributed by atoms with van der Waals surface area (Å²) in [4.78, 5) is 2.57. The van der Waals surface area contributed by atoms with Gasteiger partial charge in [0.25, 0.3) is 0 Å². The lowest BCUT2D eigenvalue weighted by Gasteiger charge is -2.34. The summed E-state index contributed by atoms with van der Waals surface area (Å²) in [6.45, 7) is 9.02. The SMILES string of the molecule is CC(C)NC1CCCN(CCCn2ccnn2)C1. The van der Waals surface area contributed by atoms with E-state index in [-0.39, 0.29) is 0 Å². The minimum absolute atomic E-state index is 0.588. The van der Waals surface area contributed by atoms with Crippen molar-refractivity contribution in [3.05, 3.63) is 12.4 Å². The molecule has 5 heteroatoms. The second-order valence-electron chi connectivity index (χ2n) is 5.48. The van der Waals surface area contributed by atoms with Crippen LogP contribution >= 0.6 is 0 Å². The fraction of sp³-hybridized carbons (Fsp3) is 0.846. The summed E-state index contributed by atoms with van der Waals surface area (Å²) in [6.07, 6.45) is 7.45. The van der Waals surface area contributed by atoms with E-state index in [1.165, 1.54) is 25.9 Å². The maximum absolute atomic E-state index is 3.99. The zero-order valence-electron chi connectivity index (χ0n) is 11.5. The van der Waals surface area contributed by atoms with Gasteiger partial charge in [-0.25, -0.2) is 0 Å². The monoisotopic (exact) mass is 251 g/mol. The molecule has 1 aliphatic rings. The molecule has 1 aromatic heterocycles. The summed E-state index contributed by atoms with van der Waals surface area (Å²) in [7, 11) is 0. The standard InChI is InChI=1S/C13H25N5/c1-12(2)15-13-5-3-7-17(11-13)8-4-9-18-10-6-14-16-18/h6,10,12-13,15H,3-5,7-9,11H2,1-2H3. The molecule has 102 valence electrons. The normalized spacial score (nSPS) is 21.6. The first kappa shape index (κ1) is 13.5. The van der Waals surface area contributed by atoms with E-state index in [9.17, 15) is 0 Å². The molecule has 1 atom stereocenters. The summed E-state index contributed by atoms with van der Waals surface area (Å²) in [5.41, 5.74) is 0. The van der Waals surface area contributed by atoms with Gasteiger partial charge in [-0.3, -0.25) is 4.68 Å². The van der Waals surface area contributed by atoms with Crippen molar-refractivity contribution in [2.45, 2.75) is 51.7 Å². The van der Waals surface area contributed by atoms with Crippen LogP contribution in [0.15, 0.2) is 12.4 Å². The number of hydrogen-bond donors (Lipinski definition) is 1. The number of likely N-dealkylation sites (tertiary alicyclic amines) is 1. The van der Waals surface area contributed by atoms with Gasteiger partial charge in [0.1, 0.15) is 0 Å². The topological polar surface area (TPSA) is 46.0 Å². The molecule has 1 aliphatic heterocycles. The minimum Gasteiger partial charge on any atom is -0.311 e. The molecule has 2 rings (SSSR count). The number of aryl methyl sites for hydroxylation is 1. The number of rotatable bonds is 6. The Hall–Kier alpha value is -0.940. The largest absolute Gasteiger partial charge is 0.311 e. The van der Waals surface area contributed by atoms with Crippen LogP contribution in [0.1, 0.15) is 33.1 Å². The molecular formula is C13H25N5. The highest BCUT2D eigenvalue weighted by Gasteiger charge is 2.19. The Labute approximate surface area is 110 Å². The minimum atomic E-state index is 0.588. The molecule has 0 amide bonds. The fourth-order valence-corrected chi connectivity index (χ4v) is 2.67. The lowest BCUT2D eigenvalue weighted by Crippen LogP contribution is -2.48. The van der Waals surface area contributed by atoms with Crippen LogP contribution < -0.4 is 5.32 Å². The molecule has 0 saturated carbocycles. The molecule has 0 radical (unpaired) electrons. The molecule has 1 aromatic rings. The number of nitrogens with zero attached hydrogens (tertiary/aromatic N) is 4. The molecule has 1 saturated heterocycles. The highest BCUT2D eigenvalue weighted by molar-refractivity contribution is 4.79. The van der Waals surface area contributed by atoms with Crippen molar-refractivity contribution in [1.82, 2.24) is 25.2 Å². The van der Waals surface area contributed by atoms with Crippen LogP contribution in [0.3, 0.4) is 0 Å². The molecular weight excluding hydrogens is 226 g/mol. The molecule has 1 N–H and O–H groups in total. The van der Waals surface area contributed by atoms with Gasteiger partial charge in [-0.15, -0.1) is 5.10 Å². The Morgan fingerprint density at radius 3 is 3.00 bits per heavy atom. The number of nitrogens with one attached hydrogen (secondary N) is 1. The average Bonchev–Trinajstić information content (AvgIpc) is 2.82. The van der Waals surface area contributed by atoms with Crippen molar-refractivity contribution in [1.29, 1.82) is 0 Å². The molecule has 1 unspecified atom stereocenters. The first-order chi connectivity index (χ1) is 8.74. The molecule has 18 heavy (non-hydrogen) atoms. The third-order valence-electron chi connectivity index (χ3n) is 3.41. The van der Waals surface area contributed by atoms with Gasteiger partial charge in [-0.2, -0.15) is 0 Å². The quantitative estimate of drug-likeness (QED) is 0.823. The predicted molar refractivity (Wildman–Crippen MR) is 72.4 cm³/mol. The third kappa shape index (κ3) is 4.38. The predicted octanol–water partition coefficient (Wildman–Crippen LogP) is 1.13. The van der Waals surface area contributed by atoms with Gasteiger partial charge in [0, 0.05) is 31.4 Å². The fourth-order valence-electron chi connectivity index (χ4n) is 2.67. The van der Waals surface area contributed by atoms with Gasteiger partial charge in [0.05, 0.1) is 6.20 Å². The molecule has 0 aliphatic carbocycles. The maximum atomic E-state index is 3.99. The van der Waals surface area contributed by atoms with Crippen molar-refractivity contribution >= 4 is 0 Å². The van der Waals surface area contributed by atoms with Gasteiger partial charge in [-0.05, 0) is 32.4 Å². The zero-order chi connectivity index (χ0) is 12.8. The summed E-state index contributed by atoms with van der Waals surface area (Å²) in [5.74, 6) is 0. The van der Waals surface area contributed by atoms with Crippen LogP contribution in [-0.2, 0) is 6.54 Å². The van der Waals surface area contributed by atoms with E-state index in [0.29, 0.717) is 12.1 Å². The highest BCUT2D eigenvalue weighted by Crippen LogP contribution is 2.11. The Kier molecular flexibility index (Phi) is 5.13. The van der Waals surface area contributed by atoms with E-state index in [0.717, 1.165) is 19.5 Å². The number of piperidine rings is 1. The van der Waals surface area contributed by atoms with E-state index < -0.39 is 0 Å². The van der Waals surface area contributed by atoms with Gasteiger partial charge in [-0.1, -0.05) is 19.1 Å². The maximum Gasteiger partial charge on any atom is 0.0692 e. The second kappa shape index (κ2) is 6.85. The van der Waals surface area contributed by atoms with Gasteiger partial charge < -0.3 is 10.2 Å². The van der Waals surface area contributed by atoms with Crippen LogP contribution in [0.5, 0.6) is 0 Å². The van der Waals surface area contributed by atoms with Crippen LogP contribution in [0.2, 0.25) is 0 Å². The lowest BCUT2D eigenvalue weighted by atomic mass is 10.0. The second-order valence-corrected chi connectivity index (χ2v) is 5.48. The van der Waals surface area contributed by atoms with Crippen molar-refractivity contribution in [2.24, 2.45) is 0 Å². The van der Waals surface area contributed by atoms with Crippen molar-refractivity contribution in [3.8, 4) is 0 Å². The van der Waals surface area contributed by atoms with Crippen molar-refractivity contribution in [2.75, 3.05) is 19.6 Å². The number of hydrogen-bond acceptors (Lipinski definition) is 4. The van der Waals surface area contributed by atoms with Crippen molar-refractivity contribution < 1.29 is 0 Å². The first-order valence-corrected chi connectivity index (χ1v) is 7.06. The van der Waals surface area contributed by atoms with Crippen molar-refractivity contribution in [3.63, 3.8) is 0 Å². The Bertz CT molecular complexity index is 322. The molecule has 1 fully saturated rings. The zero-order valence-corrected chi connectivity index (χ0v) is 11.5. The lowest BCUT2D eigenvalue weighted by molar-refractivity contribution is 0.181. The van der Waals surface area contributed by atoms with Gasteiger partial charge in [0.15, 0.2) is 0 Å². The molecule has 2 heterocycles. The van der Waals surface area contributed by atoms with E-state index in [1.54, 1.807) is 6.20 Å². The molecule has 0 aromatic carbocycles. The summed E-state index contributed by atoms with van der Waals surface area (Å²) in [5, 5.41) is 11.5. The third-order valence-corrected chi connectivity index (χ3v) is 3.41. The summed E-state index contributed by atoms with van der Waals surface area (Å²) in [6, 6.07) is 1.26. The molecule has 0 bridgehead atoms. The van der Waals surface area contributed by atoms with E-state index in [2.05, 4.69) is 34.4 Å². The molecule has 5 nitrogen and oxygen atoms in total. The van der Waals surface area contributed by atoms with Gasteiger partial charge >= 0.3 is 0 Å². The molecule has 0 spiro atoms. The average molecular weight is 251 g/mol. The van der Waals surface area contributed by atoms with Crippen LogP contribution in [0.25, 0.3) is 0 Å². The van der Waals surface area contributed by atoms with E-state index in [1.807, 2.05) is 10.9 Å². The summed E-state index contributed by atoms with van der Waals surface area (Å²) < 4.78 is 1.91. The smallest absolute Gasteiger partial charge is 0.0692 e. The Morgan fingerprint density at radius 1 is 1.39 bits per heavy atom. The van der Waals surface area contributed by atoms with Gasteiger partial charge in [0.2, 0.25) is 0 Å².